The first kappa shape index (κ1) is 16.7. The smallest absolute Gasteiger partial charge is 0.208 e. The zero-order chi connectivity index (χ0) is 15.2. The Kier molecular flexibility index (Phi) is 6.25. The summed E-state index contributed by atoms with van der Waals surface area (Å²) in [5, 5.41) is 13.1. The lowest BCUT2D eigenvalue weighted by molar-refractivity contribution is 0.404. The van der Waals surface area contributed by atoms with Crippen molar-refractivity contribution in [3.05, 3.63) is 23.8 Å². The van der Waals surface area contributed by atoms with E-state index >= 15 is 0 Å². The summed E-state index contributed by atoms with van der Waals surface area (Å²) in [7, 11) is -1.58. The highest BCUT2D eigenvalue weighted by molar-refractivity contribution is 7.88. The molecule has 1 aromatic rings. The van der Waals surface area contributed by atoms with Gasteiger partial charge < -0.3 is 15.2 Å². The van der Waals surface area contributed by atoms with Crippen molar-refractivity contribution in [1.29, 1.82) is 0 Å². The summed E-state index contributed by atoms with van der Waals surface area (Å²) >= 11 is 0. The average Bonchev–Trinajstić information content (AvgIpc) is 2.36. The van der Waals surface area contributed by atoms with Gasteiger partial charge in [0, 0.05) is 24.2 Å². The molecule has 0 aliphatic rings. The zero-order valence-corrected chi connectivity index (χ0v) is 12.8. The Morgan fingerprint density at radius 1 is 1.35 bits per heavy atom. The molecular weight excluding hydrogens is 280 g/mol. The highest BCUT2D eigenvalue weighted by Gasteiger charge is 2.10. The van der Waals surface area contributed by atoms with E-state index in [0.717, 1.165) is 11.8 Å². The first-order chi connectivity index (χ1) is 9.33. The molecular formula is C13H22N2O4S. The Morgan fingerprint density at radius 2 is 2.05 bits per heavy atom. The number of hydrogen-bond acceptors (Lipinski definition) is 5. The molecule has 0 radical (unpaired) electrons. The number of sulfonamides is 1. The molecule has 0 aromatic heterocycles. The fourth-order valence-electron chi connectivity index (χ4n) is 1.79. The topological polar surface area (TPSA) is 87.7 Å². The van der Waals surface area contributed by atoms with Crippen LogP contribution < -0.4 is 14.8 Å². The van der Waals surface area contributed by atoms with Gasteiger partial charge in [-0.15, -0.1) is 0 Å². The number of nitrogens with one attached hydrogen (secondary N) is 2. The third-order valence-electron chi connectivity index (χ3n) is 2.87. The first-order valence-corrected chi connectivity index (χ1v) is 8.27. The molecule has 0 bridgehead atoms. The highest BCUT2D eigenvalue weighted by atomic mass is 32.2. The lowest BCUT2D eigenvalue weighted by Crippen LogP contribution is -2.27. The van der Waals surface area contributed by atoms with Gasteiger partial charge in [0.2, 0.25) is 10.0 Å². The summed E-state index contributed by atoms with van der Waals surface area (Å²) < 4.78 is 29.2. The summed E-state index contributed by atoms with van der Waals surface area (Å²) in [5.41, 5.74) is 0.780. The maximum atomic E-state index is 10.9. The molecule has 0 saturated heterocycles. The maximum absolute atomic E-state index is 10.9. The fourth-order valence-corrected chi connectivity index (χ4v) is 2.31. The number of rotatable bonds is 8. The van der Waals surface area contributed by atoms with E-state index < -0.39 is 10.0 Å². The highest BCUT2D eigenvalue weighted by Crippen LogP contribution is 2.28. The van der Waals surface area contributed by atoms with Gasteiger partial charge >= 0.3 is 0 Å². The number of hydrogen-bond donors (Lipinski definition) is 3. The second-order valence-corrected chi connectivity index (χ2v) is 6.45. The monoisotopic (exact) mass is 302 g/mol. The molecule has 0 amide bonds. The molecule has 7 heteroatoms. The van der Waals surface area contributed by atoms with Gasteiger partial charge in [-0.2, -0.15) is 0 Å². The zero-order valence-electron chi connectivity index (χ0n) is 12.0. The van der Waals surface area contributed by atoms with Crippen LogP contribution in [0.3, 0.4) is 0 Å². The summed E-state index contributed by atoms with van der Waals surface area (Å²) in [5.74, 6) is 0.786. The molecule has 3 N–H and O–H groups in total. The van der Waals surface area contributed by atoms with Gasteiger partial charge in [-0.3, -0.25) is 0 Å². The fraction of sp³-hybridized carbons (Fsp3) is 0.538. The second-order valence-electron chi connectivity index (χ2n) is 4.62. The minimum atomic E-state index is -3.12. The van der Waals surface area contributed by atoms with Crippen molar-refractivity contribution in [2.45, 2.75) is 19.4 Å². The maximum Gasteiger partial charge on any atom is 0.208 e. The number of aromatic hydroxyl groups is 1. The van der Waals surface area contributed by atoms with Gasteiger partial charge in [0.15, 0.2) is 0 Å². The van der Waals surface area contributed by atoms with Crippen LogP contribution in [0.5, 0.6) is 11.5 Å². The number of ether oxygens (including phenoxy) is 1. The third-order valence-corrected chi connectivity index (χ3v) is 3.60. The normalized spacial score (nSPS) is 13.2. The van der Waals surface area contributed by atoms with E-state index in [9.17, 15) is 13.5 Å². The molecule has 1 unspecified atom stereocenters. The predicted octanol–water partition coefficient (Wildman–Crippen LogP) is 0.991. The average molecular weight is 302 g/mol. The van der Waals surface area contributed by atoms with Crippen molar-refractivity contribution in [2.75, 3.05) is 26.5 Å². The molecule has 20 heavy (non-hydrogen) atoms. The van der Waals surface area contributed by atoms with Crippen molar-refractivity contribution >= 4 is 10.0 Å². The SMILES string of the molecule is COc1ccc(C(C)NCCCNS(C)(=O)=O)c(O)c1. The van der Waals surface area contributed by atoms with Crippen LogP contribution in [0.1, 0.15) is 24.9 Å². The van der Waals surface area contributed by atoms with Gasteiger partial charge in [-0.05, 0) is 26.0 Å². The van der Waals surface area contributed by atoms with Crippen LogP contribution in [0.25, 0.3) is 0 Å². The van der Waals surface area contributed by atoms with Gasteiger partial charge in [0.1, 0.15) is 11.5 Å². The van der Waals surface area contributed by atoms with Crippen LogP contribution in [0.4, 0.5) is 0 Å². The molecule has 0 fully saturated rings. The number of methoxy groups -OCH3 is 1. The van der Waals surface area contributed by atoms with E-state index in [0.29, 0.717) is 25.3 Å². The van der Waals surface area contributed by atoms with Crippen molar-refractivity contribution in [2.24, 2.45) is 0 Å². The van der Waals surface area contributed by atoms with Crippen LogP contribution in [0.2, 0.25) is 0 Å². The quantitative estimate of drug-likeness (QED) is 0.623. The molecule has 0 spiro atoms. The Labute approximate surface area is 120 Å². The van der Waals surface area contributed by atoms with Crippen LogP contribution in [0, 0.1) is 0 Å². The van der Waals surface area contributed by atoms with E-state index in [1.807, 2.05) is 6.92 Å². The molecule has 114 valence electrons. The largest absolute Gasteiger partial charge is 0.507 e. The van der Waals surface area contributed by atoms with E-state index in [1.54, 1.807) is 25.3 Å². The minimum Gasteiger partial charge on any atom is -0.507 e. The lowest BCUT2D eigenvalue weighted by atomic mass is 10.1. The number of phenolic OH excluding ortho intramolecular Hbond substituents is 1. The Bertz CT molecular complexity index is 531. The Morgan fingerprint density at radius 3 is 2.60 bits per heavy atom. The van der Waals surface area contributed by atoms with Crippen molar-refractivity contribution in [1.82, 2.24) is 10.0 Å². The van der Waals surface area contributed by atoms with Gasteiger partial charge in [0.05, 0.1) is 13.4 Å². The van der Waals surface area contributed by atoms with Gasteiger partial charge in [-0.25, -0.2) is 13.1 Å². The molecule has 1 aromatic carbocycles. The number of phenols is 1. The van der Waals surface area contributed by atoms with Crippen molar-refractivity contribution < 1.29 is 18.3 Å². The molecule has 0 saturated carbocycles. The molecule has 1 atom stereocenters. The van der Waals surface area contributed by atoms with E-state index in [4.69, 9.17) is 4.74 Å². The standard InChI is InChI=1S/C13H22N2O4S/c1-10(14-7-4-8-15-20(3,17)18)12-6-5-11(19-2)9-13(12)16/h5-6,9-10,14-16H,4,7-8H2,1-3H3. The van der Waals surface area contributed by atoms with Crippen LogP contribution in [-0.4, -0.2) is 40.0 Å². The van der Waals surface area contributed by atoms with Crippen molar-refractivity contribution in [3.63, 3.8) is 0 Å². The predicted molar refractivity (Wildman–Crippen MR) is 78.5 cm³/mol. The molecule has 6 nitrogen and oxygen atoms in total. The van der Waals surface area contributed by atoms with Gasteiger partial charge in [-0.1, -0.05) is 6.07 Å². The third kappa shape index (κ3) is 5.77. The Hall–Kier alpha value is -1.31. The lowest BCUT2D eigenvalue weighted by Gasteiger charge is -2.16. The van der Waals surface area contributed by atoms with E-state index in [2.05, 4.69) is 10.0 Å². The van der Waals surface area contributed by atoms with Gasteiger partial charge in [0.25, 0.3) is 0 Å². The summed E-state index contributed by atoms with van der Waals surface area (Å²) in [6, 6.07) is 5.14. The Balaban J connectivity index is 2.41. The molecule has 0 aliphatic carbocycles. The van der Waals surface area contributed by atoms with Crippen LogP contribution in [-0.2, 0) is 10.0 Å². The van der Waals surface area contributed by atoms with Crippen LogP contribution in [0.15, 0.2) is 18.2 Å². The summed E-state index contributed by atoms with van der Waals surface area (Å²) in [6.45, 7) is 2.98. The van der Waals surface area contributed by atoms with Crippen LogP contribution >= 0.6 is 0 Å². The second kappa shape index (κ2) is 7.47. The molecule has 1 rings (SSSR count). The van der Waals surface area contributed by atoms with E-state index in [-0.39, 0.29) is 11.8 Å². The summed E-state index contributed by atoms with van der Waals surface area (Å²) in [6.07, 6.45) is 1.81. The molecule has 0 heterocycles. The first-order valence-electron chi connectivity index (χ1n) is 6.38. The molecule has 0 aliphatic heterocycles. The van der Waals surface area contributed by atoms with Crippen molar-refractivity contribution in [3.8, 4) is 11.5 Å². The number of benzene rings is 1. The summed E-state index contributed by atoms with van der Waals surface area (Å²) in [4.78, 5) is 0. The van der Waals surface area contributed by atoms with E-state index in [1.165, 1.54) is 0 Å². The minimum absolute atomic E-state index is 0.0286.